The molecule has 0 aromatic carbocycles. The van der Waals surface area contributed by atoms with Crippen LogP contribution in [0.4, 0.5) is 0 Å². The maximum atomic E-state index is 10.9. The Kier molecular flexibility index (Phi) is 3.90. The fraction of sp³-hybridized carbons (Fsp3) is 0.800. The van der Waals surface area contributed by atoms with Crippen molar-refractivity contribution in [3.05, 3.63) is 0 Å². The summed E-state index contributed by atoms with van der Waals surface area (Å²) in [5, 5.41) is 0. The van der Waals surface area contributed by atoms with Crippen molar-refractivity contribution in [1.29, 1.82) is 0 Å². The smallest absolute Gasteiger partial charge is 0.322 e. The zero-order valence-electron chi connectivity index (χ0n) is 6.91. The molecule has 1 N–H and O–H groups in total. The van der Waals surface area contributed by atoms with Crippen LogP contribution in [0.5, 0.6) is 0 Å². The van der Waals surface area contributed by atoms with Crippen molar-refractivity contribution in [3.8, 4) is 0 Å². The Morgan fingerprint density at radius 1 is 1.58 bits per heavy atom. The first-order chi connectivity index (χ1) is 5.13. The van der Waals surface area contributed by atoms with Crippen LogP contribution in [0.15, 0.2) is 0 Å². The fourth-order valence-corrected chi connectivity index (χ4v) is 0.474. The maximum absolute atomic E-state index is 10.9. The molecule has 0 aliphatic carbocycles. The Hall–Kier alpha value is 0.1000. The maximum Gasteiger partial charge on any atom is 0.363 e. The molecule has 0 spiro atoms. The summed E-state index contributed by atoms with van der Waals surface area (Å²) in [7, 11) is -3.75. The van der Waals surface area contributed by atoms with Crippen LogP contribution >= 0.6 is 23.5 Å². The first kappa shape index (κ1) is 12.1. The zero-order chi connectivity index (χ0) is 9.99. The molecule has 12 heavy (non-hydrogen) atoms. The van der Waals surface area contributed by atoms with E-state index >= 15 is 0 Å². The molecule has 0 saturated heterocycles. The third-order valence-electron chi connectivity index (χ3n) is 0.737. The number of hydrogen-bond acceptors (Lipinski definition) is 4. The second kappa shape index (κ2) is 3.87. The van der Waals surface area contributed by atoms with E-state index in [4.69, 9.17) is 4.89 Å². The summed E-state index contributed by atoms with van der Waals surface area (Å²) >= 11 is 2.99. The van der Waals surface area contributed by atoms with Gasteiger partial charge in [-0.05, 0) is 13.8 Å². The summed E-state index contributed by atoms with van der Waals surface area (Å²) in [5.74, 6) is -0.765. The highest BCUT2D eigenvalue weighted by molar-refractivity contribution is 9.10. The van der Waals surface area contributed by atoms with Gasteiger partial charge in [0.05, 0.1) is 0 Å². The number of rotatable bonds is 3. The van der Waals surface area contributed by atoms with Crippen LogP contribution in [0.3, 0.4) is 0 Å². The summed E-state index contributed by atoms with van der Waals surface area (Å²) < 4.78 is 13.5. The molecule has 0 aliphatic rings. The van der Waals surface area contributed by atoms with Gasteiger partial charge in [-0.25, -0.2) is 4.79 Å². The van der Waals surface area contributed by atoms with Crippen LogP contribution in [0.1, 0.15) is 13.8 Å². The van der Waals surface area contributed by atoms with Crippen LogP contribution < -0.4 is 0 Å². The molecule has 0 aromatic heterocycles. The Labute approximate surface area is 78.6 Å². The quantitative estimate of drug-likeness (QED) is 0.360. The minimum Gasteiger partial charge on any atom is -0.322 e. The van der Waals surface area contributed by atoms with E-state index in [9.17, 15) is 9.36 Å². The molecule has 0 saturated carbocycles. The average molecular weight is 261 g/mol. The van der Waals surface area contributed by atoms with Gasteiger partial charge in [0.2, 0.25) is 0 Å². The van der Waals surface area contributed by atoms with Crippen LogP contribution in [0.2, 0.25) is 0 Å². The minimum absolute atomic E-state index is 0.765. The highest BCUT2D eigenvalue weighted by Gasteiger charge is 2.28. The van der Waals surface area contributed by atoms with E-state index in [0.717, 1.165) is 6.66 Å². The van der Waals surface area contributed by atoms with E-state index in [-0.39, 0.29) is 0 Å². The highest BCUT2D eigenvalue weighted by Crippen LogP contribution is 2.37. The standard InChI is InChI=1S/C5H10BrO5P/c1-5(2,6)4(7)10-11-12(3,8)9/h1-3H3,(H,8,9). The second-order valence-electron chi connectivity index (χ2n) is 2.72. The summed E-state index contributed by atoms with van der Waals surface area (Å²) in [6.45, 7) is 3.97. The first-order valence-corrected chi connectivity index (χ1v) is 5.84. The molecule has 7 heteroatoms. The number of hydrogen-bond donors (Lipinski definition) is 1. The van der Waals surface area contributed by atoms with Crippen LogP contribution in [-0.2, 0) is 18.9 Å². The Balaban J connectivity index is 3.98. The molecular weight excluding hydrogens is 251 g/mol. The van der Waals surface area contributed by atoms with E-state index in [1.807, 2.05) is 0 Å². The largest absolute Gasteiger partial charge is 0.363 e. The summed E-state index contributed by atoms with van der Waals surface area (Å²) in [5.41, 5.74) is 0. The number of alkyl halides is 1. The van der Waals surface area contributed by atoms with Crippen molar-refractivity contribution < 1.29 is 23.8 Å². The molecule has 0 radical (unpaired) electrons. The zero-order valence-corrected chi connectivity index (χ0v) is 9.39. The summed E-state index contributed by atoms with van der Waals surface area (Å²) in [6, 6.07) is 0. The van der Waals surface area contributed by atoms with Gasteiger partial charge in [-0.1, -0.05) is 20.6 Å². The third-order valence-corrected chi connectivity index (χ3v) is 1.41. The van der Waals surface area contributed by atoms with Gasteiger partial charge in [0, 0.05) is 6.66 Å². The monoisotopic (exact) mass is 260 g/mol. The number of carbonyl (C=O) groups excluding carboxylic acids is 1. The second-order valence-corrected chi connectivity index (χ2v) is 6.46. The predicted octanol–water partition coefficient (Wildman–Crippen LogP) is 1.45. The van der Waals surface area contributed by atoms with E-state index in [1.165, 1.54) is 13.8 Å². The lowest BCUT2D eigenvalue weighted by Gasteiger charge is -2.13. The van der Waals surface area contributed by atoms with Crippen molar-refractivity contribution in [2.45, 2.75) is 18.2 Å². The fourth-order valence-electron chi connectivity index (χ4n) is 0.202. The van der Waals surface area contributed by atoms with Crippen molar-refractivity contribution >= 4 is 29.5 Å². The molecule has 72 valence electrons. The molecule has 0 amide bonds. The Bertz CT molecular complexity index is 214. The van der Waals surface area contributed by atoms with Gasteiger partial charge in [-0.15, -0.1) is 0 Å². The highest BCUT2D eigenvalue weighted by atomic mass is 79.9. The molecule has 0 aliphatic heterocycles. The minimum atomic E-state index is -3.75. The average Bonchev–Trinajstić information content (AvgIpc) is 1.78. The lowest BCUT2D eigenvalue weighted by molar-refractivity contribution is -0.218. The molecule has 1 unspecified atom stereocenters. The lowest BCUT2D eigenvalue weighted by atomic mass is 10.2. The summed E-state index contributed by atoms with van der Waals surface area (Å²) in [4.78, 5) is 23.5. The van der Waals surface area contributed by atoms with Crippen LogP contribution in [0.25, 0.3) is 0 Å². The van der Waals surface area contributed by atoms with Gasteiger partial charge in [-0.3, -0.25) is 9.45 Å². The first-order valence-electron chi connectivity index (χ1n) is 3.03. The van der Waals surface area contributed by atoms with Crippen molar-refractivity contribution in [2.75, 3.05) is 6.66 Å². The van der Waals surface area contributed by atoms with Gasteiger partial charge < -0.3 is 4.89 Å². The Morgan fingerprint density at radius 2 is 2.00 bits per heavy atom. The molecule has 1 atom stereocenters. The van der Waals surface area contributed by atoms with E-state index in [2.05, 4.69) is 25.5 Å². The van der Waals surface area contributed by atoms with Crippen molar-refractivity contribution in [1.82, 2.24) is 0 Å². The van der Waals surface area contributed by atoms with Gasteiger partial charge in [0.25, 0.3) is 0 Å². The van der Waals surface area contributed by atoms with E-state index < -0.39 is 17.9 Å². The third kappa shape index (κ3) is 5.71. The molecule has 0 bridgehead atoms. The lowest BCUT2D eigenvalue weighted by Crippen LogP contribution is -2.26. The normalized spacial score (nSPS) is 16.8. The van der Waals surface area contributed by atoms with Crippen LogP contribution in [-0.4, -0.2) is 21.9 Å². The summed E-state index contributed by atoms with van der Waals surface area (Å²) in [6.07, 6.45) is 0. The van der Waals surface area contributed by atoms with Crippen LogP contribution in [0, 0.1) is 0 Å². The number of halogens is 1. The van der Waals surface area contributed by atoms with Gasteiger partial charge in [0.15, 0.2) is 0 Å². The molecule has 0 fully saturated rings. The topological polar surface area (TPSA) is 72.8 Å². The van der Waals surface area contributed by atoms with Gasteiger partial charge >= 0.3 is 13.6 Å². The van der Waals surface area contributed by atoms with Gasteiger partial charge in [0.1, 0.15) is 4.32 Å². The molecule has 0 rings (SSSR count). The molecule has 5 nitrogen and oxygen atoms in total. The van der Waals surface area contributed by atoms with E-state index in [0.29, 0.717) is 0 Å². The molecular formula is C5H10BrO5P. The molecule has 0 heterocycles. The van der Waals surface area contributed by atoms with E-state index in [1.54, 1.807) is 0 Å². The Morgan fingerprint density at radius 3 is 2.25 bits per heavy atom. The SMILES string of the molecule is CC(C)(Br)C(=O)OOP(C)(=O)O. The predicted molar refractivity (Wildman–Crippen MR) is 45.9 cm³/mol. The van der Waals surface area contributed by atoms with Crippen molar-refractivity contribution in [3.63, 3.8) is 0 Å². The van der Waals surface area contributed by atoms with Gasteiger partial charge in [-0.2, -0.15) is 0 Å². The molecule has 0 aromatic rings. The number of carbonyl (C=O) groups is 1. The van der Waals surface area contributed by atoms with Crippen molar-refractivity contribution in [2.24, 2.45) is 0 Å².